The van der Waals surface area contributed by atoms with Crippen LogP contribution in [0.25, 0.3) is 0 Å². The van der Waals surface area contributed by atoms with Crippen LogP contribution in [0.3, 0.4) is 0 Å². The minimum absolute atomic E-state index is 0.437. The molecule has 1 aromatic heterocycles. The fourth-order valence-electron chi connectivity index (χ4n) is 0.500. The van der Waals surface area contributed by atoms with Gasteiger partial charge in [-0.15, -0.1) is 0 Å². The average Bonchev–Trinajstić information content (AvgIpc) is 2.03. The van der Waals surface area contributed by atoms with Gasteiger partial charge in [0.2, 0.25) is 0 Å². The molecule has 10 heavy (non-hydrogen) atoms. The molecule has 1 radical (unpaired) electrons. The standard InChI is InChI=1S/C6H8N3O/c1-10-5-9-6-4-7-2-3-8-6/h2,4H,5H2,1H3,(H,8,9). The fourth-order valence-corrected chi connectivity index (χ4v) is 0.500. The Morgan fingerprint density at radius 1 is 1.80 bits per heavy atom. The zero-order chi connectivity index (χ0) is 7.23. The van der Waals surface area contributed by atoms with E-state index >= 15 is 0 Å². The van der Waals surface area contributed by atoms with E-state index in [4.69, 9.17) is 4.74 Å². The molecule has 0 saturated carbocycles. The third kappa shape index (κ3) is 1.99. The van der Waals surface area contributed by atoms with E-state index in [1.54, 1.807) is 13.3 Å². The molecule has 0 aromatic carbocycles. The number of nitrogens with one attached hydrogen (secondary N) is 1. The average molecular weight is 138 g/mol. The molecule has 0 unspecified atom stereocenters. The van der Waals surface area contributed by atoms with E-state index < -0.39 is 0 Å². The van der Waals surface area contributed by atoms with Crippen molar-refractivity contribution in [1.29, 1.82) is 0 Å². The Morgan fingerprint density at radius 3 is 3.30 bits per heavy atom. The molecule has 0 atom stereocenters. The topological polar surface area (TPSA) is 47.0 Å². The Balaban J connectivity index is 2.43. The molecule has 1 aromatic rings. The first-order chi connectivity index (χ1) is 4.93. The summed E-state index contributed by atoms with van der Waals surface area (Å²) in [7, 11) is 1.60. The SMILES string of the molecule is COCNc1cnc[c]n1. The number of methoxy groups -OCH3 is 1. The summed E-state index contributed by atoms with van der Waals surface area (Å²) in [6, 6.07) is 0. The number of anilines is 1. The van der Waals surface area contributed by atoms with Crippen molar-refractivity contribution >= 4 is 5.82 Å². The van der Waals surface area contributed by atoms with Crippen molar-refractivity contribution in [3.8, 4) is 0 Å². The maximum atomic E-state index is 4.75. The summed E-state index contributed by atoms with van der Waals surface area (Å²) >= 11 is 0. The lowest BCUT2D eigenvalue weighted by molar-refractivity contribution is 0.221. The van der Waals surface area contributed by atoms with Crippen LogP contribution in [0.4, 0.5) is 5.82 Å². The highest BCUT2D eigenvalue weighted by molar-refractivity contribution is 5.28. The minimum atomic E-state index is 0.437. The second-order valence-electron chi connectivity index (χ2n) is 1.64. The Morgan fingerprint density at radius 2 is 2.70 bits per heavy atom. The van der Waals surface area contributed by atoms with Gasteiger partial charge in [0.1, 0.15) is 18.7 Å². The first-order valence-electron chi connectivity index (χ1n) is 2.84. The molecule has 0 aliphatic heterocycles. The molecule has 0 spiro atoms. The molecule has 4 nitrogen and oxygen atoms in total. The predicted molar refractivity (Wildman–Crippen MR) is 36.4 cm³/mol. The molecule has 0 aliphatic carbocycles. The summed E-state index contributed by atoms with van der Waals surface area (Å²) in [5.74, 6) is 0.671. The van der Waals surface area contributed by atoms with Crippen molar-refractivity contribution < 1.29 is 4.74 Å². The highest BCUT2D eigenvalue weighted by Crippen LogP contribution is 1.94. The third-order valence-corrected chi connectivity index (χ3v) is 0.912. The zero-order valence-corrected chi connectivity index (χ0v) is 5.66. The van der Waals surface area contributed by atoms with Gasteiger partial charge < -0.3 is 10.1 Å². The second kappa shape index (κ2) is 3.79. The van der Waals surface area contributed by atoms with Crippen molar-refractivity contribution in [1.82, 2.24) is 9.97 Å². The van der Waals surface area contributed by atoms with E-state index in [0.717, 1.165) is 0 Å². The predicted octanol–water partition coefficient (Wildman–Crippen LogP) is 0.293. The van der Waals surface area contributed by atoms with Gasteiger partial charge in [-0.25, -0.2) is 4.98 Å². The molecule has 4 heteroatoms. The number of rotatable bonds is 3. The highest BCUT2D eigenvalue weighted by atomic mass is 16.5. The molecule has 0 saturated heterocycles. The molecule has 0 amide bonds. The summed E-state index contributed by atoms with van der Waals surface area (Å²) in [6.45, 7) is 0.437. The fraction of sp³-hybridized carbons (Fsp3) is 0.333. The van der Waals surface area contributed by atoms with Gasteiger partial charge in [-0.05, 0) is 0 Å². The summed E-state index contributed by atoms with van der Waals surface area (Å²) in [4.78, 5) is 7.64. The van der Waals surface area contributed by atoms with Gasteiger partial charge in [-0.1, -0.05) is 0 Å². The summed E-state index contributed by atoms with van der Waals surface area (Å²) in [5.41, 5.74) is 0. The van der Waals surface area contributed by atoms with Crippen LogP contribution in [0.1, 0.15) is 0 Å². The van der Waals surface area contributed by atoms with E-state index in [1.807, 2.05) is 0 Å². The smallest absolute Gasteiger partial charge is 0.147 e. The normalized spacial score (nSPS) is 9.30. The summed E-state index contributed by atoms with van der Waals surface area (Å²) < 4.78 is 4.75. The summed E-state index contributed by atoms with van der Waals surface area (Å²) in [6.07, 6.45) is 5.70. The van der Waals surface area contributed by atoms with Crippen LogP contribution in [0, 0.1) is 6.20 Å². The van der Waals surface area contributed by atoms with Crippen molar-refractivity contribution in [2.75, 3.05) is 19.2 Å². The molecule has 0 fully saturated rings. The molecule has 0 aliphatic rings. The first kappa shape index (κ1) is 6.95. The minimum Gasteiger partial charge on any atom is -0.365 e. The van der Waals surface area contributed by atoms with Gasteiger partial charge in [-0.2, -0.15) is 0 Å². The lowest BCUT2D eigenvalue weighted by Crippen LogP contribution is -2.04. The largest absolute Gasteiger partial charge is 0.365 e. The first-order valence-corrected chi connectivity index (χ1v) is 2.84. The second-order valence-corrected chi connectivity index (χ2v) is 1.64. The molecule has 1 rings (SSSR count). The zero-order valence-electron chi connectivity index (χ0n) is 5.66. The highest BCUT2D eigenvalue weighted by Gasteiger charge is 1.87. The Bertz CT molecular complexity index is 178. The van der Waals surface area contributed by atoms with Crippen LogP contribution in [0.2, 0.25) is 0 Å². The van der Waals surface area contributed by atoms with E-state index in [1.165, 1.54) is 6.20 Å². The third-order valence-electron chi connectivity index (χ3n) is 0.912. The van der Waals surface area contributed by atoms with Gasteiger partial charge in [0, 0.05) is 7.11 Å². The number of ether oxygens (including phenoxy) is 1. The molecule has 1 heterocycles. The van der Waals surface area contributed by atoms with E-state index in [0.29, 0.717) is 12.5 Å². The maximum absolute atomic E-state index is 4.75. The van der Waals surface area contributed by atoms with Crippen LogP contribution in [-0.4, -0.2) is 23.8 Å². The van der Waals surface area contributed by atoms with Gasteiger partial charge >= 0.3 is 0 Å². The van der Waals surface area contributed by atoms with Gasteiger partial charge in [0.25, 0.3) is 0 Å². The monoisotopic (exact) mass is 138 g/mol. The van der Waals surface area contributed by atoms with Crippen molar-refractivity contribution in [3.63, 3.8) is 0 Å². The molecular formula is C6H8N3O. The van der Waals surface area contributed by atoms with E-state index in [-0.39, 0.29) is 0 Å². The Labute approximate surface area is 59.3 Å². The number of nitrogens with zero attached hydrogens (tertiary/aromatic N) is 2. The van der Waals surface area contributed by atoms with Gasteiger partial charge in [0.15, 0.2) is 0 Å². The van der Waals surface area contributed by atoms with Gasteiger partial charge in [0.05, 0.1) is 12.4 Å². The van der Waals surface area contributed by atoms with E-state index in [9.17, 15) is 0 Å². The van der Waals surface area contributed by atoms with Crippen LogP contribution < -0.4 is 5.32 Å². The Kier molecular flexibility index (Phi) is 2.63. The lowest BCUT2D eigenvalue weighted by atomic mass is 10.7. The van der Waals surface area contributed by atoms with Crippen LogP contribution in [0.5, 0.6) is 0 Å². The van der Waals surface area contributed by atoms with Crippen LogP contribution >= 0.6 is 0 Å². The number of hydrogen-bond acceptors (Lipinski definition) is 4. The Hall–Kier alpha value is -1.16. The van der Waals surface area contributed by atoms with Crippen molar-refractivity contribution in [3.05, 3.63) is 18.6 Å². The quantitative estimate of drug-likeness (QED) is 0.610. The molecular weight excluding hydrogens is 130 g/mol. The lowest BCUT2D eigenvalue weighted by Gasteiger charge is -2.00. The molecule has 1 N–H and O–H groups in total. The van der Waals surface area contributed by atoms with Crippen molar-refractivity contribution in [2.45, 2.75) is 0 Å². The maximum Gasteiger partial charge on any atom is 0.147 e. The number of aromatic nitrogens is 2. The van der Waals surface area contributed by atoms with Crippen LogP contribution in [-0.2, 0) is 4.74 Å². The summed E-state index contributed by atoms with van der Waals surface area (Å²) in [5, 5.41) is 2.87. The number of hydrogen-bond donors (Lipinski definition) is 1. The van der Waals surface area contributed by atoms with E-state index in [2.05, 4.69) is 21.5 Å². The van der Waals surface area contributed by atoms with Gasteiger partial charge in [-0.3, -0.25) is 4.98 Å². The molecule has 53 valence electrons. The van der Waals surface area contributed by atoms with Crippen molar-refractivity contribution in [2.24, 2.45) is 0 Å². The molecule has 0 bridgehead atoms. The van der Waals surface area contributed by atoms with Crippen LogP contribution in [0.15, 0.2) is 12.4 Å².